The Labute approximate surface area is 84.6 Å². The number of ketones is 1. The minimum atomic E-state index is -0.761. The summed E-state index contributed by atoms with van der Waals surface area (Å²) in [5.74, 6) is -1.77. The van der Waals surface area contributed by atoms with Crippen LogP contribution in [0.1, 0.15) is 17.4 Å². The third-order valence-electron chi connectivity index (χ3n) is 2.11. The van der Waals surface area contributed by atoms with Crippen molar-refractivity contribution in [3.05, 3.63) is 41.7 Å². The number of aromatic nitrogens is 1. The van der Waals surface area contributed by atoms with E-state index >= 15 is 0 Å². The Morgan fingerprint density at radius 2 is 2.07 bits per heavy atom. The Morgan fingerprint density at radius 1 is 1.33 bits per heavy atom. The van der Waals surface area contributed by atoms with Crippen molar-refractivity contribution < 1.29 is 13.6 Å². The molecule has 2 aromatic rings. The lowest BCUT2D eigenvalue weighted by molar-refractivity contribution is 0.101. The number of nitrogens with zero attached hydrogens (tertiary/aromatic N) is 1. The van der Waals surface area contributed by atoms with E-state index in [2.05, 4.69) is 4.98 Å². The van der Waals surface area contributed by atoms with Gasteiger partial charge in [-0.15, -0.1) is 0 Å². The Morgan fingerprint density at radius 3 is 2.73 bits per heavy atom. The maximum Gasteiger partial charge on any atom is 0.178 e. The zero-order chi connectivity index (χ0) is 11.0. The number of rotatable bonds is 1. The molecule has 0 saturated heterocycles. The van der Waals surface area contributed by atoms with Crippen LogP contribution >= 0.6 is 0 Å². The van der Waals surface area contributed by atoms with Crippen LogP contribution in [0.4, 0.5) is 8.78 Å². The summed E-state index contributed by atoms with van der Waals surface area (Å²) in [7, 11) is 0. The predicted octanol–water partition coefficient (Wildman–Crippen LogP) is 2.72. The van der Waals surface area contributed by atoms with Crippen molar-refractivity contribution in [2.45, 2.75) is 6.92 Å². The first-order valence-electron chi connectivity index (χ1n) is 4.34. The van der Waals surface area contributed by atoms with Gasteiger partial charge < -0.3 is 0 Å². The topological polar surface area (TPSA) is 30.0 Å². The fraction of sp³-hybridized carbons (Fsp3) is 0.0909. The summed E-state index contributed by atoms with van der Waals surface area (Å²) < 4.78 is 26.3. The highest BCUT2D eigenvalue weighted by Gasteiger charge is 2.12. The normalized spacial score (nSPS) is 10.6. The van der Waals surface area contributed by atoms with Crippen molar-refractivity contribution in [1.29, 1.82) is 0 Å². The monoisotopic (exact) mass is 207 g/mol. The summed E-state index contributed by atoms with van der Waals surface area (Å²) in [6.07, 6.45) is 1.36. The molecule has 2 rings (SSSR count). The average molecular weight is 207 g/mol. The lowest BCUT2D eigenvalue weighted by Crippen LogP contribution is -1.99. The van der Waals surface area contributed by atoms with E-state index in [-0.39, 0.29) is 16.9 Å². The van der Waals surface area contributed by atoms with Gasteiger partial charge in [-0.05, 0) is 17.5 Å². The van der Waals surface area contributed by atoms with Gasteiger partial charge in [0.1, 0.15) is 17.3 Å². The SMILES string of the molecule is CC(=O)c1nccc2cc(F)cc(F)c12. The Kier molecular flexibility index (Phi) is 2.19. The maximum atomic E-state index is 13.4. The second-order valence-corrected chi connectivity index (χ2v) is 3.20. The average Bonchev–Trinajstić information content (AvgIpc) is 2.16. The first-order chi connectivity index (χ1) is 7.09. The molecule has 0 spiro atoms. The molecule has 15 heavy (non-hydrogen) atoms. The molecule has 0 amide bonds. The molecule has 2 nitrogen and oxygen atoms in total. The van der Waals surface area contributed by atoms with Crippen molar-refractivity contribution in [2.24, 2.45) is 0 Å². The molecule has 0 aliphatic rings. The Balaban J connectivity index is 2.91. The fourth-order valence-electron chi connectivity index (χ4n) is 1.50. The highest BCUT2D eigenvalue weighted by atomic mass is 19.1. The lowest BCUT2D eigenvalue weighted by atomic mass is 10.1. The molecule has 76 valence electrons. The van der Waals surface area contributed by atoms with E-state index < -0.39 is 11.6 Å². The zero-order valence-electron chi connectivity index (χ0n) is 7.92. The predicted molar refractivity (Wildman–Crippen MR) is 51.7 cm³/mol. The molecule has 4 heteroatoms. The van der Waals surface area contributed by atoms with Gasteiger partial charge in [0.15, 0.2) is 5.78 Å². The summed E-state index contributed by atoms with van der Waals surface area (Å²) in [5.41, 5.74) is 0.0324. The van der Waals surface area contributed by atoms with Gasteiger partial charge in [-0.2, -0.15) is 0 Å². The molecular formula is C11H7F2NO. The maximum absolute atomic E-state index is 13.4. The largest absolute Gasteiger partial charge is 0.293 e. The molecule has 0 N–H and O–H groups in total. The lowest BCUT2D eigenvalue weighted by Gasteiger charge is -2.03. The summed E-state index contributed by atoms with van der Waals surface area (Å²) in [6.45, 7) is 1.30. The van der Waals surface area contributed by atoms with Gasteiger partial charge in [0.25, 0.3) is 0 Å². The molecule has 0 radical (unpaired) electrons. The molecular weight excluding hydrogens is 200 g/mol. The minimum Gasteiger partial charge on any atom is -0.293 e. The number of pyridine rings is 1. The third-order valence-corrected chi connectivity index (χ3v) is 2.11. The van der Waals surface area contributed by atoms with Crippen LogP contribution in [-0.4, -0.2) is 10.8 Å². The van der Waals surface area contributed by atoms with E-state index in [4.69, 9.17) is 0 Å². The van der Waals surface area contributed by atoms with Crippen molar-refractivity contribution >= 4 is 16.6 Å². The van der Waals surface area contributed by atoms with Gasteiger partial charge >= 0.3 is 0 Å². The van der Waals surface area contributed by atoms with Crippen molar-refractivity contribution in [3.8, 4) is 0 Å². The highest BCUT2D eigenvalue weighted by molar-refractivity contribution is 6.05. The van der Waals surface area contributed by atoms with Crippen molar-refractivity contribution in [1.82, 2.24) is 4.98 Å². The van der Waals surface area contributed by atoms with Gasteiger partial charge in [-0.3, -0.25) is 9.78 Å². The van der Waals surface area contributed by atoms with Gasteiger partial charge in [0.2, 0.25) is 0 Å². The number of carbonyl (C=O) groups excluding carboxylic acids is 1. The number of halogens is 2. The van der Waals surface area contributed by atoms with E-state index in [1.165, 1.54) is 25.3 Å². The zero-order valence-corrected chi connectivity index (χ0v) is 7.92. The van der Waals surface area contributed by atoms with Gasteiger partial charge in [0, 0.05) is 24.6 Å². The first-order valence-corrected chi connectivity index (χ1v) is 4.34. The molecule has 0 atom stereocenters. The number of carbonyl (C=O) groups is 1. The Bertz CT molecular complexity index is 552. The number of fused-ring (bicyclic) bond motifs is 1. The molecule has 1 aromatic heterocycles. The summed E-state index contributed by atoms with van der Waals surface area (Å²) in [5, 5.41) is 0.416. The number of benzene rings is 1. The number of Topliss-reactive ketones (excluding diaryl/α,β-unsaturated/α-hetero) is 1. The van der Waals surface area contributed by atoms with Crippen LogP contribution in [-0.2, 0) is 0 Å². The van der Waals surface area contributed by atoms with Gasteiger partial charge in [-0.1, -0.05) is 0 Å². The second-order valence-electron chi connectivity index (χ2n) is 3.20. The van der Waals surface area contributed by atoms with Crippen LogP contribution < -0.4 is 0 Å². The summed E-state index contributed by atoms with van der Waals surface area (Å²) in [6, 6.07) is 3.39. The van der Waals surface area contributed by atoms with E-state index in [9.17, 15) is 13.6 Å². The van der Waals surface area contributed by atoms with Crippen molar-refractivity contribution in [3.63, 3.8) is 0 Å². The van der Waals surface area contributed by atoms with E-state index in [1.54, 1.807) is 0 Å². The first kappa shape index (κ1) is 9.71. The molecule has 0 fully saturated rings. The fourth-order valence-corrected chi connectivity index (χ4v) is 1.50. The molecule has 0 saturated carbocycles. The molecule has 1 aromatic carbocycles. The van der Waals surface area contributed by atoms with Crippen LogP contribution in [0.5, 0.6) is 0 Å². The second kappa shape index (κ2) is 3.38. The van der Waals surface area contributed by atoms with Crippen LogP contribution in [0.15, 0.2) is 24.4 Å². The summed E-state index contributed by atoms with van der Waals surface area (Å²) >= 11 is 0. The van der Waals surface area contributed by atoms with Crippen molar-refractivity contribution in [2.75, 3.05) is 0 Å². The molecule has 0 bridgehead atoms. The summed E-state index contributed by atoms with van der Waals surface area (Å²) in [4.78, 5) is 15.0. The van der Waals surface area contributed by atoms with Crippen LogP contribution in [0.25, 0.3) is 10.8 Å². The number of hydrogen-bond acceptors (Lipinski definition) is 2. The van der Waals surface area contributed by atoms with Gasteiger partial charge in [-0.25, -0.2) is 8.78 Å². The van der Waals surface area contributed by atoms with Crippen LogP contribution in [0, 0.1) is 11.6 Å². The minimum absolute atomic E-state index is 0.0324. The van der Waals surface area contributed by atoms with Crippen LogP contribution in [0.3, 0.4) is 0 Å². The Hall–Kier alpha value is -1.84. The molecule has 0 aliphatic heterocycles. The number of hydrogen-bond donors (Lipinski definition) is 0. The van der Waals surface area contributed by atoms with Crippen LogP contribution in [0.2, 0.25) is 0 Å². The standard InChI is InChI=1S/C11H7F2NO/c1-6(15)11-10-7(2-3-14-11)4-8(12)5-9(10)13/h2-5H,1H3. The third kappa shape index (κ3) is 1.58. The van der Waals surface area contributed by atoms with E-state index in [0.717, 1.165) is 6.07 Å². The molecule has 0 aliphatic carbocycles. The van der Waals surface area contributed by atoms with E-state index in [1.807, 2.05) is 0 Å². The molecule has 0 unspecified atom stereocenters. The van der Waals surface area contributed by atoms with E-state index in [0.29, 0.717) is 5.39 Å². The smallest absolute Gasteiger partial charge is 0.178 e. The highest BCUT2D eigenvalue weighted by Crippen LogP contribution is 2.22. The molecule has 1 heterocycles. The quantitative estimate of drug-likeness (QED) is 0.673. The van der Waals surface area contributed by atoms with Gasteiger partial charge in [0.05, 0.1) is 0 Å².